The first-order valence-electron chi connectivity index (χ1n) is 16.5. The normalized spacial score (nSPS) is 11.1. The van der Waals surface area contributed by atoms with Crippen LogP contribution in [0.3, 0.4) is 0 Å². The van der Waals surface area contributed by atoms with Gasteiger partial charge < -0.3 is 14.2 Å². The maximum Gasteiger partial charge on any atom is 0.296 e. The van der Waals surface area contributed by atoms with Crippen molar-refractivity contribution in [3.63, 3.8) is 0 Å². The fourth-order valence-corrected chi connectivity index (χ4v) is 7.96. The number of methoxy groups -OCH3 is 3. The Kier molecular flexibility index (Phi) is 17.3. The Hall–Kier alpha value is -3.46. The van der Waals surface area contributed by atoms with Crippen LogP contribution in [0.1, 0.15) is 71.1 Å². The second kappa shape index (κ2) is 21.4. The van der Waals surface area contributed by atoms with Gasteiger partial charge in [-0.2, -0.15) is 8.42 Å². The molecule has 0 N–H and O–H groups in total. The van der Waals surface area contributed by atoms with E-state index in [1.165, 1.54) is 66.1 Å². The second-order valence-electron chi connectivity index (χ2n) is 11.1. The van der Waals surface area contributed by atoms with Crippen molar-refractivity contribution in [2.75, 3.05) is 27.9 Å². The van der Waals surface area contributed by atoms with Gasteiger partial charge in [0, 0.05) is 0 Å². The summed E-state index contributed by atoms with van der Waals surface area (Å²) in [6, 6.07) is 33.1. The molecule has 0 aromatic heterocycles. The predicted molar refractivity (Wildman–Crippen MR) is 193 cm³/mol. The van der Waals surface area contributed by atoms with Crippen LogP contribution in [-0.4, -0.2) is 36.4 Å². The summed E-state index contributed by atoms with van der Waals surface area (Å²) in [5.41, 5.74) is 0. The summed E-state index contributed by atoms with van der Waals surface area (Å²) in [7, 11) is 1.26. The van der Waals surface area contributed by atoms with Crippen molar-refractivity contribution in [2.45, 2.75) is 90.7 Å². The third-order valence-corrected chi connectivity index (χ3v) is 11.2. The third kappa shape index (κ3) is 13.3. The van der Waals surface area contributed by atoms with Crippen LogP contribution in [0.15, 0.2) is 123 Å². The van der Waals surface area contributed by atoms with E-state index in [9.17, 15) is 8.42 Å². The molecule has 0 spiro atoms. The average Bonchev–Trinajstić information content (AvgIpc) is 3.12. The molecule has 6 nitrogen and oxygen atoms in total. The van der Waals surface area contributed by atoms with Gasteiger partial charge in [0.25, 0.3) is 10.1 Å². The molecule has 0 aliphatic carbocycles. The predicted octanol–water partition coefficient (Wildman–Crippen LogP) is 10.1. The topological polar surface area (TPSA) is 71.1 Å². The highest BCUT2D eigenvalue weighted by atomic mass is 32.2. The number of unbranched alkanes of at least 4 members (excludes halogenated alkanes) is 9. The molecular formula is C39H51O6S2+. The number of ether oxygens (including phenoxy) is 3. The van der Waals surface area contributed by atoms with Gasteiger partial charge in [-0.15, -0.1) is 0 Å². The minimum absolute atomic E-state index is 0.212. The van der Waals surface area contributed by atoms with E-state index in [1.54, 1.807) is 51.7 Å². The van der Waals surface area contributed by atoms with Gasteiger partial charge in [0.1, 0.15) is 17.2 Å². The SMILES string of the molecule is CCCCCCCCCCCCOS(=O)(=O)c1ccccc1.COc1ccc([S+](c2ccc(OC)cc2)c2ccc(OC)cc2)cc1. The average molecular weight is 680 g/mol. The monoisotopic (exact) mass is 679 g/mol. The van der Waals surface area contributed by atoms with E-state index in [0.29, 0.717) is 0 Å². The quantitative estimate of drug-likeness (QED) is 0.0558. The number of rotatable bonds is 19. The second-order valence-corrected chi connectivity index (χ2v) is 14.7. The molecule has 0 radical (unpaired) electrons. The van der Waals surface area contributed by atoms with Crippen molar-refractivity contribution in [1.29, 1.82) is 0 Å². The Morgan fingerprint density at radius 2 is 0.851 bits per heavy atom. The van der Waals surface area contributed by atoms with E-state index >= 15 is 0 Å². The summed E-state index contributed by atoms with van der Waals surface area (Å²) >= 11 is 0. The molecule has 4 rings (SSSR count). The van der Waals surface area contributed by atoms with Crippen LogP contribution in [-0.2, 0) is 25.2 Å². The van der Waals surface area contributed by atoms with Crippen LogP contribution in [0, 0.1) is 0 Å². The van der Waals surface area contributed by atoms with E-state index in [2.05, 4.69) is 43.3 Å². The van der Waals surface area contributed by atoms with Crippen LogP contribution >= 0.6 is 0 Å². The Labute approximate surface area is 285 Å². The van der Waals surface area contributed by atoms with Crippen molar-refractivity contribution in [3.05, 3.63) is 103 Å². The summed E-state index contributed by atoms with van der Waals surface area (Å²) in [5.74, 6) is 2.57. The molecule has 0 saturated carbocycles. The van der Waals surface area contributed by atoms with Gasteiger partial charge in [-0.1, -0.05) is 82.9 Å². The lowest BCUT2D eigenvalue weighted by molar-refractivity contribution is 0.306. The van der Waals surface area contributed by atoms with E-state index in [-0.39, 0.29) is 22.4 Å². The first kappa shape index (κ1) is 38.0. The molecule has 0 aliphatic heterocycles. The molecule has 0 bridgehead atoms. The van der Waals surface area contributed by atoms with Gasteiger partial charge in [0.2, 0.25) is 0 Å². The zero-order chi connectivity index (χ0) is 33.7. The maximum atomic E-state index is 11.9. The van der Waals surface area contributed by atoms with E-state index in [4.69, 9.17) is 18.4 Å². The van der Waals surface area contributed by atoms with Gasteiger partial charge in [-0.3, -0.25) is 4.18 Å². The molecule has 4 aromatic carbocycles. The number of benzene rings is 4. The Balaban J connectivity index is 0.000000258. The Morgan fingerprint density at radius 3 is 1.21 bits per heavy atom. The smallest absolute Gasteiger partial charge is 0.296 e. The highest BCUT2D eigenvalue weighted by molar-refractivity contribution is 7.97. The summed E-state index contributed by atoms with van der Waals surface area (Å²) in [4.78, 5) is 3.94. The van der Waals surface area contributed by atoms with Gasteiger partial charge >= 0.3 is 0 Å². The van der Waals surface area contributed by atoms with Crippen molar-refractivity contribution in [1.82, 2.24) is 0 Å². The van der Waals surface area contributed by atoms with Gasteiger partial charge in [-0.25, -0.2) is 0 Å². The minimum atomic E-state index is -3.57. The Bertz CT molecular complexity index is 1380. The molecule has 254 valence electrons. The molecule has 0 atom stereocenters. The van der Waals surface area contributed by atoms with Crippen LogP contribution in [0.2, 0.25) is 0 Å². The van der Waals surface area contributed by atoms with Gasteiger partial charge in [0.05, 0.1) is 43.7 Å². The fourth-order valence-electron chi connectivity index (χ4n) is 4.96. The van der Waals surface area contributed by atoms with Crippen LogP contribution in [0.5, 0.6) is 17.2 Å². The molecule has 0 fully saturated rings. The molecule has 0 aliphatic rings. The highest BCUT2D eigenvalue weighted by Gasteiger charge is 2.29. The zero-order valence-electron chi connectivity index (χ0n) is 28.4. The number of hydrogen-bond acceptors (Lipinski definition) is 6. The first-order chi connectivity index (χ1) is 22.9. The maximum absolute atomic E-state index is 11.9. The van der Waals surface area contributed by atoms with Crippen LogP contribution in [0.25, 0.3) is 0 Å². The van der Waals surface area contributed by atoms with Gasteiger partial charge in [0.15, 0.2) is 14.7 Å². The van der Waals surface area contributed by atoms with Crippen molar-refractivity contribution in [3.8, 4) is 17.2 Å². The summed E-state index contributed by atoms with van der Waals surface area (Å²) in [6.45, 7) is 2.52. The largest absolute Gasteiger partial charge is 0.497 e. The molecule has 4 aromatic rings. The summed E-state index contributed by atoms with van der Waals surface area (Å²) in [6.07, 6.45) is 12.3. The molecule has 47 heavy (non-hydrogen) atoms. The lowest BCUT2D eigenvalue weighted by atomic mass is 10.1. The molecular weight excluding hydrogens is 629 g/mol. The molecule has 0 saturated heterocycles. The van der Waals surface area contributed by atoms with Crippen LogP contribution < -0.4 is 14.2 Å². The standard InChI is InChI=1S/C21H21O3S.C18H30O3S/c1-22-16-4-10-19(11-5-16)25(20-12-6-17(23-2)7-13-20)21-14-8-18(24-3)9-15-21;1-2-3-4-5-6-7-8-9-10-14-17-21-22(19,20)18-15-12-11-13-16-18/h4-15H,1-3H3;11-13,15-16H,2-10,14,17H2,1H3/q+1;. The first-order valence-corrected chi connectivity index (χ1v) is 19.2. The highest BCUT2D eigenvalue weighted by Crippen LogP contribution is 2.34. The van der Waals surface area contributed by atoms with Gasteiger partial charge in [-0.05, 0) is 91.3 Å². The van der Waals surface area contributed by atoms with Crippen molar-refractivity contribution in [2.24, 2.45) is 0 Å². The summed E-state index contributed by atoms with van der Waals surface area (Å²) in [5, 5.41) is 0. The minimum Gasteiger partial charge on any atom is -0.497 e. The van der Waals surface area contributed by atoms with Crippen molar-refractivity contribution >= 4 is 21.0 Å². The third-order valence-electron chi connectivity index (χ3n) is 7.65. The molecule has 0 unspecified atom stereocenters. The zero-order valence-corrected chi connectivity index (χ0v) is 30.0. The van der Waals surface area contributed by atoms with Crippen LogP contribution in [0.4, 0.5) is 0 Å². The van der Waals surface area contributed by atoms with Crippen molar-refractivity contribution < 1.29 is 26.8 Å². The molecule has 8 heteroatoms. The Morgan fingerprint density at radius 1 is 0.489 bits per heavy atom. The fraction of sp³-hybridized carbons (Fsp3) is 0.385. The van der Waals surface area contributed by atoms with E-state index in [0.717, 1.165) is 30.1 Å². The lowest BCUT2D eigenvalue weighted by Gasteiger charge is -2.10. The van der Waals surface area contributed by atoms with E-state index < -0.39 is 10.1 Å². The number of hydrogen-bond donors (Lipinski definition) is 0. The molecule has 0 heterocycles. The van der Waals surface area contributed by atoms with E-state index in [1.807, 2.05) is 36.4 Å². The molecule has 0 amide bonds. The lowest BCUT2D eigenvalue weighted by Crippen LogP contribution is -2.07. The summed E-state index contributed by atoms with van der Waals surface area (Å²) < 4.78 is 44.7.